The lowest BCUT2D eigenvalue weighted by atomic mass is 10.1. The molecule has 1 heterocycles. The number of benzene rings is 1. The number of rotatable bonds is 2. The van der Waals surface area contributed by atoms with E-state index in [4.69, 9.17) is 5.73 Å². The van der Waals surface area contributed by atoms with E-state index in [-0.39, 0.29) is 0 Å². The van der Waals surface area contributed by atoms with Gasteiger partial charge in [-0.25, -0.2) is 0 Å². The Kier molecular flexibility index (Phi) is 2.39. The highest BCUT2D eigenvalue weighted by Gasteiger charge is 2.40. The van der Waals surface area contributed by atoms with Gasteiger partial charge in [-0.15, -0.1) is 0 Å². The molecule has 1 aromatic carbocycles. The fourth-order valence-electron chi connectivity index (χ4n) is 2.30. The van der Waals surface area contributed by atoms with Crippen molar-refractivity contribution < 1.29 is 0 Å². The fraction of sp³-hybridized carbons (Fsp3) is 0.417. The van der Waals surface area contributed by atoms with Crippen LogP contribution < -0.4 is 10.6 Å². The highest BCUT2D eigenvalue weighted by molar-refractivity contribution is 9.10. The van der Waals surface area contributed by atoms with Gasteiger partial charge in [0.05, 0.1) is 18.3 Å². The van der Waals surface area contributed by atoms with E-state index in [0.29, 0.717) is 12.0 Å². The van der Waals surface area contributed by atoms with Crippen molar-refractivity contribution in [3.8, 4) is 0 Å². The largest absolute Gasteiger partial charge is 0.370 e. The fourth-order valence-corrected chi connectivity index (χ4v) is 2.78. The first kappa shape index (κ1) is 10.1. The first-order chi connectivity index (χ1) is 7.77. The molecule has 2 N–H and O–H groups in total. The van der Waals surface area contributed by atoms with E-state index in [0.717, 1.165) is 22.6 Å². The van der Waals surface area contributed by atoms with E-state index in [1.165, 1.54) is 12.8 Å². The van der Waals surface area contributed by atoms with Gasteiger partial charge in [0.1, 0.15) is 0 Å². The van der Waals surface area contributed by atoms with Gasteiger partial charge in [-0.05, 0) is 46.8 Å². The number of guanidine groups is 1. The number of nitrogens with zero attached hydrogens (tertiary/aromatic N) is 2. The van der Waals surface area contributed by atoms with Gasteiger partial charge in [0.25, 0.3) is 0 Å². The van der Waals surface area contributed by atoms with Crippen LogP contribution in [0.15, 0.2) is 33.7 Å². The first-order valence-corrected chi connectivity index (χ1v) is 6.40. The number of aliphatic imine (C=N–C) groups is 1. The molecule has 0 aromatic heterocycles. The topological polar surface area (TPSA) is 41.6 Å². The van der Waals surface area contributed by atoms with Crippen LogP contribution in [0, 0.1) is 5.92 Å². The third kappa shape index (κ3) is 1.61. The number of halogens is 1. The van der Waals surface area contributed by atoms with E-state index in [1.807, 2.05) is 18.2 Å². The number of para-hydroxylation sites is 1. The molecule has 16 heavy (non-hydrogen) atoms. The van der Waals surface area contributed by atoms with Crippen molar-refractivity contribution in [3.05, 3.63) is 28.7 Å². The van der Waals surface area contributed by atoms with Gasteiger partial charge in [-0.3, -0.25) is 4.99 Å². The zero-order valence-corrected chi connectivity index (χ0v) is 10.5. The van der Waals surface area contributed by atoms with Crippen LogP contribution in [0.1, 0.15) is 12.8 Å². The number of nitrogens with two attached hydrogens (primary N) is 1. The summed E-state index contributed by atoms with van der Waals surface area (Å²) in [5, 5.41) is 0. The number of anilines is 1. The maximum absolute atomic E-state index is 5.99. The van der Waals surface area contributed by atoms with Crippen molar-refractivity contribution in [2.24, 2.45) is 16.6 Å². The van der Waals surface area contributed by atoms with Crippen LogP contribution in [-0.2, 0) is 0 Å². The van der Waals surface area contributed by atoms with Gasteiger partial charge in [0.2, 0.25) is 0 Å². The Morgan fingerprint density at radius 1 is 1.31 bits per heavy atom. The van der Waals surface area contributed by atoms with E-state index < -0.39 is 0 Å². The van der Waals surface area contributed by atoms with E-state index in [2.05, 4.69) is 31.9 Å². The van der Waals surface area contributed by atoms with Crippen molar-refractivity contribution in [1.29, 1.82) is 0 Å². The molecule has 0 radical (unpaired) electrons. The second kappa shape index (κ2) is 3.77. The van der Waals surface area contributed by atoms with E-state index in [1.54, 1.807) is 0 Å². The van der Waals surface area contributed by atoms with Gasteiger partial charge in [-0.1, -0.05) is 12.1 Å². The molecule has 1 unspecified atom stereocenters. The standard InChI is InChI=1S/C12H14BrN3/c13-9-3-1-2-4-10(9)16-11(8-5-6-8)7-15-12(16)14/h1-4,8,11H,5-7H2,(H2,14,15). The molecule has 0 bridgehead atoms. The highest BCUT2D eigenvalue weighted by Crippen LogP contribution is 2.40. The predicted octanol–water partition coefficient (Wildman–Crippen LogP) is 2.36. The number of hydrogen-bond acceptors (Lipinski definition) is 3. The third-order valence-electron chi connectivity index (χ3n) is 3.30. The normalized spacial score (nSPS) is 24.7. The van der Waals surface area contributed by atoms with Crippen molar-refractivity contribution in [2.75, 3.05) is 11.4 Å². The summed E-state index contributed by atoms with van der Waals surface area (Å²) < 4.78 is 1.08. The van der Waals surface area contributed by atoms with Crippen molar-refractivity contribution in [1.82, 2.24) is 0 Å². The van der Waals surface area contributed by atoms with Crippen LogP contribution in [0.5, 0.6) is 0 Å². The van der Waals surface area contributed by atoms with Crippen LogP contribution >= 0.6 is 15.9 Å². The van der Waals surface area contributed by atoms with Gasteiger partial charge in [-0.2, -0.15) is 0 Å². The molecule has 0 amide bonds. The Balaban J connectivity index is 1.97. The molecule has 1 aliphatic carbocycles. The average molecular weight is 280 g/mol. The second-order valence-corrected chi connectivity index (χ2v) is 5.28. The van der Waals surface area contributed by atoms with Crippen LogP contribution in [0.4, 0.5) is 5.69 Å². The zero-order valence-electron chi connectivity index (χ0n) is 8.94. The minimum absolute atomic E-state index is 0.471. The van der Waals surface area contributed by atoms with Gasteiger partial charge < -0.3 is 10.6 Å². The third-order valence-corrected chi connectivity index (χ3v) is 3.97. The molecular formula is C12H14BrN3. The zero-order chi connectivity index (χ0) is 11.1. The van der Waals surface area contributed by atoms with Crippen molar-refractivity contribution >= 4 is 27.6 Å². The first-order valence-electron chi connectivity index (χ1n) is 5.61. The van der Waals surface area contributed by atoms with Gasteiger partial charge in [0, 0.05) is 4.47 Å². The Labute approximate surface area is 103 Å². The lowest BCUT2D eigenvalue weighted by Gasteiger charge is -2.27. The van der Waals surface area contributed by atoms with Crippen LogP contribution in [0.3, 0.4) is 0 Å². The molecule has 2 aliphatic rings. The summed E-state index contributed by atoms with van der Waals surface area (Å²) in [4.78, 5) is 6.56. The molecule has 3 nitrogen and oxygen atoms in total. The summed E-state index contributed by atoms with van der Waals surface area (Å²) in [5.41, 5.74) is 7.13. The van der Waals surface area contributed by atoms with Gasteiger partial charge >= 0.3 is 0 Å². The van der Waals surface area contributed by atoms with Crippen molar-refractivity contribution in [2.45, 2.75) is 18.9 Å². The predicted molar refractivity (Wildman–Crippen MR) is 69.6 cm³/mol. The average Bonchev–Trinajstić information content (AvgIpc) is 3.04. The lowest BCUT2D eigenvalue weighted by Crippen LogP contribution is -2.42. The van der Waals surface area contributed by atoms with E-state index >= 15 is 0 Å². The molecular weight excluding hydrogens is 266 g/mol. The monoisotopic (exact) mass is 279 g/mol. The second-order valence-electron chi connectivity index (χ2n) is 4.43. The molecule has 0 saturated heterocycles. The Bertz CT molecular complexity index is 440. The smallest absolute Gasteiger partial charge is 0.196 e. The molecule has 3 rings (SSSR count). The summed E-state index contributed by atoms with van der Waals surface area (Å²) in [5.74, 6) is 1.43. The molecule has 84 valence electrons. The molecule has 1 aliphatic heterocycles. The van der Waals surface area contributed by atoms with Crippen LogP contribution in [0.25, 0.3) is 0 Å². The van der Waals surface area contributed by atoms with Crippen LogP contribution in [0.2, 0.25) is 0 Å². The molecule has 1 saturated carbocycles. The highest BCUT2D eigenvalue weighted by atomic mass is 79.9. The maximum atomic E-state index is 5.99. The van der Waals surface area contributed by atoms with E-state index in [9.17, 15) is 0 Å². The molecule has 1 fully saturated rings. The SMILES string of the molecule is NC1=NCC(C2CC2)N1c1ccccc1Br. The summed E-state index contributed by atoms with van der Waals surface area (Å²) >= 11 is 3.58. The minimum atomic E-state index is 0.471. The number of hydrogen-bond donors (Lipinski definition) is 1. The molecule has 1 atom stereocenters. The Morgan fingerprint density at radius 3 is 2.75 bits per heavy atom. The summed E-state index contributed by atoms with van der Waals surface area (Å²) in [6.45, 7) is 0.845. The summed E-state index contributed by atoms with van der Waals surface area (Å²) in [6.07, 6.45) is 2.63. The van der Waals surface area contributed by atoms with Gasteiger partial charge in [0.15, 0.2) is 5.96 Å². The quantitative estimate of drug-likeness (QED) is 0.903. The maximum Gasteiger partial charge on any atom is 0.196 e. The Morgan fingerprint density at radius 2 is 2.06 bits per heavy atom. The van der Waals surface area contributed by atoms with Crippen molar-refractivity contribution in [3.63, 3.8) is 0 Å². The molecule has 4 heteroatoms. The molecule has 1 aromatic rings. The summed E-state index contributed by atoms with van der Waals surface area (Å²) in [6, 6.07) is 8.66. The lowest BCUT2D eigenvalue weighted by molar-refractivity contribution is 0.626. The Hall–Kier alpha value is -1.03. The summed E-state index contributed by atoms with van der Waals surface area (Å²) in [7, 11) is 0. The minimum Gasteiger partial charge on any atom is -0.370 e. The van der Waals surface area contributed by atoms with Crippen LogP contribution in [-0.4, -0.2) is 18.5 Å². The molecule has 0 spiro atoms.